The summed E-state index contributed by atoms with van der Waals surface area (Å²) in [7, 11) is 0. The minimum absolute atomic E-state index is 0.189. The lowest BCUT2D eigenvalue weighted by Gasteiger charge is -2.02. The molecule has 1 aromatic carbocycles. The van der Waals surface area contributed by atoms with Crippen LogP contribution in [0.25, 0.3) is 10.8 Å². The minimum atomic E-state index is 0.189. The number of hydrogen-bond acceptors (Lipinski definition) is 2. The summed E-state index contributed by atoms with van der Waals surface area (Å²) in [6.07, 6.45) is 2.36. The SMILES string of the molecule is CC(=O)Cc1ccc2cc(C)ncc2c1. The van der Waals surface area contributed by atoms with E-state index < -0.39 is 0 Å². The molecular formula is C13H13NO. The van der Waals surface area contributed by atoms with Gasteiger partial charge in [0.1, 0.15) is 5.78 Å². The molecule has 2 heteroatoms. The van der Waals surface area contributed by atoms with Crippen molar-refractivity contribution in [1.29, 1.82) is 0 Å². The molecule has 76 valence electrons. The molecule has 0 saturated carbocycles. The fourth-order valence-corrected chi connectivity index (χ4v) is 1.70. The molecule has 0 fully saturated rings. The number of aromatic nitrogens is 1. The number of aryl methyl sites for hydroxylation is 1. The Labute approximate surface area is 89.0 Å². The van der Waals surface area contributed by atoms with Gasteiger partial charge in [-0.2, -0.15) is 0 Å². The Hall–Kier alpha value is -1.70. The highest BCUT2D eigenvalue weighted by atomic mass is 16.1. The predicted molar refractivity (Wildman–Crippen MR) is 60.9 cm³/mol. The molecule has 0 saturated heterocycles. The number of ketones is 1. The van der Waals surface area contributed by atoms with Crippen molar-refractivity contribution in [3.63, 3.8) is 0 Å². The summed E-state index contributed by atoms with van der Waals surface area (Å²) < 4.78 is 0. The number of nitrogens with zero attached hydrogens (tertiary/aromatic N) is 1. The molecule has 0 spiro atoms. The second-order valence-electron chi connectivity index (χ2n) is 3.89. The first-order chi connectivity index (χ1) is 7.15. The molecule has 0 aliphatic rings. The second kappa shape index (κ2) is 3.81. The topological polar surface area (TPSA) is 30.0 Å². The summed E-state index contributed by atoms with van der Waals surface area (Å²) in [5.74, 6) is 0.189. The number of Topliss-reactive ketones (excluding diaryl/α,β-unsaturated/α-hetero) is 1. The van der Waals surface area contributed by atoms with E-state index in [-0.39, 0.29) is 5.78 Å². The standard InChI is InChI=1S/C13H13NO/c1-9-5-12-4-3-11(6-10(2)15)7-13(12)8-14-9/h3-5,7-8H,6H2,1-2H3. The highest BCUT2D eigenvalue weighted by Crippen LogP contribution is 2.16. The van der Waals surface area contributed by atoms with Gasteiger partial charge >= 0.3 is 0 Å². The normalized spacial score (nSPS) is 10.5. The van der Waals surface area contributed by atoms with Gasteiger partial charge in [0.05, 0.1) is 0 Å². The molecule has 0 bridgehead atoms. The molecule has 1 aromatic heterocycles. The van der Waals surface area contributed by atoms with Crippen LogP contribution in [0.1, 0.15) is 18.2 Å². The number of benzene rings is 1. The van der Waals surface area contributed by atoms with E-state index in [1.54, 1.807) is 6.92 Å². The van der Waals surface area contributed by atoms with E-state index in [4.69, 9.17) is 0 Å². The molecule has 2 nitrogen and oxygen atoms in total. The molecule has 0 radical (unpaired) electrons. The molecule has 0 amide bonds. The van der Waals surface area contributed by atoms with Gasteiger partial charge < -0.3 is 0 Å². The van der Waals surface area contributed by atoms with Crippen molar-refractivity contribution in [2.24, 2.45) is 0 Å². The van der Waals surface area contributed by atoms with Crippen LogP contribution in [-0.4, -0.2) is 10.8 Å². The number of rotatable bonds is 2. The van der Waals surface area contributed by atoms with Crippen molar-refractivity contribution in [2.45, 2.75) is 20.3 Å². The van der Waals surface area contributed by atoms with Gasteiger partial charge in [0.25, 0.3) is 0 Å². The van der Waals surface area contributed by atoms with E-state index >= 15 is 0 Å². The highest BCUT2D eigenvalue weighted by molar-refractivity contribution is 5.85. The maximum Gasteiger partial charge on any atom is 0.134 e. The van der Waals surface area contributed by atoms with Crippen molar-refractivity contribution in [3.8, 4) is 0 Å². The van der Waals surface area contributed by atoms with Crippen molar-refractivity contribution >= 4 is 16.6 Å². The highest BCUT2D eigenvalue weighted by Gasteiger charge is 2.00. The summed E-state index contributed by atoms with van der Waals surface area (Å²) in [6.45, 7) is 3.58. The van der Waals surface area contributed by atoms with Crippen LogP contribution in [0.5, 0.6) is 0 Å². The van der Waals surface area contributed by atoms with E-state index in [0.29, 0.717) is 6.42 Å². The largest absolute Gasteiger partial charge is 0.300 e. The van der Waals surface area contributed by atoms with Crippen LogP contribution in [0.4, 0.5) is 0 Å². The molecule has 0 N–H and O–H groups in total. The lowest BCUT2D eigenvalue weighted by Crippen LogP contribution is -1.95. The molecular weight excluding hydrogens is 186 g/mol. The third kappa shape index (κ3) is 2.21. The zero-order valence-corrected chi connectivity index (χ0v) is 8.95. The summed E-state index contributed by atoms with van der Waals surface area (Å²) in [5.41, 5.74) is 2.07. The first-order valence-corrected chi connectivity index (χ1v) is 5.00. The van der Waals surface area contributed by atoms with Gasteiger partial charge in [-0.3, -0.25) is 9.78 Å². The minimum Gasteiger partial charge on any atom is -0.300 e. The lowest BCUT2D eigenvalue weighted by molar-refractivity contribution is -0.116. The van der Waals surface area contributed by atoms with Gasteiger partial charge in [0.15, 0.2) is 0 Å². The predicted octanol–water partition coefficient (Wildman–Crippen LogP) is 2.67. The number of carbonyl (C=O) groups excluding carboxylic acids is 1. The van der Waals surface area contributed by atoms with Gasteiger partial charge in [0, 0.05) is 23.7 Å². The van der Waals surface area contributed by atoms with Crippen LogP contribution in [0.3, 0.4) is 0 Å². The summed E-state index contributed by atoms with van der Waals surface area (Å²) in [6, 6.07) is 8.13. The van der Waals surface area contributed by atoms with Gasteiger partial charge in [-0.05, 0) is 36.9 Å². The van der Waals surface area contributed by atoms with Crippen molar-refractivity contribution in [2.75, 3.05) is 0 Å². The van der Waals surface area contributed by atoms with Crippen LogP contribution in [-0.2, 0) is 11.2 Å². The first kappa shape index (κ1) is 9.84. The Kier molecular flexibility index (Phi) is 2.50. The Balaban J connectivity index is 2.47. The fraction of sp³-hybridized carbons (Fsp3) is 0.231. The van der Waals surface area contributed by atoms with Gasteiger partial charge in [-0.15, -0.1) is 0 Å². The Morgan fingerprint density at radius 2 is 2.07 bits per heavy atom. The summed E-state index contributed by atoms with van der Waals surface area (Å²) in [4.78, 5) is 15.2. The van der Waals surface area contributed by atoms with E-state index in [1.165, 1.54) is 5.39 Å². The van der Waals surface area contributed by atoms with E-state index in [9.17, 15) is 4.79 Å². The summed E-state index contributed by atoms with van der Waals surface area (Å²) >= 11 is 0. The number of carbonyl (C=O) groups is 1. The van der Waals surface area contributed by atoms with Gasteiger partial charge in [-0.1, -0.05) is 12.1 Å². The van der Waals surface area contributed by atoms with Crippen LogP contribution >= 0.6 is 0 Å². The van der Waals surface area contributed by atoms with Gasteiger partial charge in [-0.25, -0.2) is 0 Å². The molecule has 0 aliphatic heterocycles. The smallest absolute Gasteiger partial charge is 0.134 e. The third-order valence-corrected chi connectivity index (χ3v) is 2.38. The van der Waals surface area contributed by atoms with Crippen LogP contribution in [0, 0.1) is 6.92 Å². The van der Waals surface area contributed by atoms with Crippen molar-refractivity contribution in [3.05, 3.63) is 41.7 Å². The van der Waals surface area contributed by atoms with E-state index in [2.05, 4.69) is 4.98 Å². The number of hydrogen-bond donors (Lipinski definition) is 0. The molecule has 0 aliphatic carbocycles. The molecule has 0 atom stereocenters. The number of fused-ring (bicyclic) bond motifs is 1. The molecule has 0 unspecified atom stereocenters. The molecule has 1 heterocycles. The zero-order chi connectivity index (χ0) is 10.8. The van der Waals surface area contributed by atoms with Crippen molar-refractivity contribution in [1.82, 2.24) is 4.98 Å². The Morgan fingerprint density at radius 3 is 2.80 bits per heavy atom. The molecule has 2 aromatic rings. The third-order valence-electron chi connectivity index (χ3n) is 2.38. The van der Waals surface area contributed by atoms with Crippen molar-refractivity contribution < 1.29 is 4.79 Å². The average molecular weight is 199 g/mol. The first-order valence-electron chi connectivity index (χ1n) is 5.00. The molecule has 2 rings (SSSR count). The van der Waals surface area contributed by atoms with Crippen LogP contribution in [0.2, 0.25) is 0 Å². The van der Waals surface area contributed by atoms with Crippen LogP contribution < -0.4 is 0 Å². The number of pyridine rings is 1. The monoisotopic (exact) mass is 199 g/mol. The van der Waals surface area contributed by atoms with Gasteiger partial charge in [0.2, 0.25) is 0 Å². The Bertz CT molecular complexity index is 517. The Morgan fingerprint density at radius 1 is 1.27 bits per heavy atom. The molecule has 15 heavy (non-hydrogen) atoms. The van der Waals surface area contributed by atoms with Crippen LogP contribution in [0.15, 0.2) is 30.5 Å². The fourth-order valence-electron chi connectivity index (χ4n) is 1.70. The lowest BCUT2D eigenvalue weighted by atomic mass is 10.0. The quantitative estimate of drug-likeness (QED) is 0.744. The maximum absolute atomic E-state index is 11.0. The van der Waals surface area contributed by atoms with E-state index in [1.807, 2.05) is 37.4 Å². The average Bonchev–Trinajstić information content (AvgIpc) is 2.17. The summed E-state index contributed by atoms with van der Waals surface area (Å²) in [5, 5.41) is 2.27. The zero-order valence-electron chi connectivity index (χ0n) is 8.95. The maximum atomic E-state index is 11.0. The van der Waals surface area contributed by atoms with E-state index in [0.717, 1.165) is 16.6 Å². The second-order valence-corrected chi connectivity index (χ2v) is 3.89.